The number of hydrogen-bond donors (Lipinski definition) is 0. The van der Waals surface area contributed by atoms with Gasteiger partial charge < -0.3 is 9.64 Å². The molecule has 0 aromatic heterocycles. The number of rotatable bonds is 2. The number of fused-ring (bicyclic) bond motifs is 1. The molecule has 0 fully saturated rings. The second-order valence-corrected chi connectivity index (χ2v) is 5.33. The van der Waals surface area contributed by atoms with Crippen LogP contribution in [0.15, 0.2) is 30.0 Å². The van der Waals surface area contributed by atoms with Crippen LogP contribution in [-0.4, -0.2) is 44.0 Å². The smallest absolute Gasteiger partial charge is 0.414 e. The van der Waals surface area contributed by atoms with Crippen LogP contribution in [0.3, 0.4) is 0 Å². The van der Waals surface area contributed by atoms with Gasteiger partial charge in [0, 0.05) is 36.5 Å². The average Bonchev–Trinajstić information content (AvgIpc) is 2.42. The minimum absolute atomic E-state index is 0.123. The zero-order chi connectivity index (χ0) is 15.6. The summed E-state index contributed by atoms with van der Waals surface area (Å²) in [6.07, 6.45) is 1.23. The highest BCUT2D eigenvalue weighted by atomic mass is 35.5. The van der Waals surface area contributed by atoms with E-state index in [0.29, 0.717) is 21.8 Å². The Morgan fingerprint density at radius 3 is 2.81 bits per heavy atom. The lowest BCUT2D eigenvalue weighted by Crippen LogP contribution is -2.39. The zero-order valence-electron chi connectivity index (χ0n) is 12.2. The first-order chi connectivity index (χ1) is 9.93. The minimum Gasteiger partial charge on any atom is -0.449 e. The van der Waals surface area contributed by atoms with Gasteiger partial charge in [0.2, 0.25) is 0 Å². The number of ketones is 1. The molecule has 2 rings (SSSR count). The quantitative estimate of drug-likeness (QED) is 0.788. The van der Waals surface area contributed by atoms with Crippen molar-refractivity contribution in [1.29, 1.82) is 0 Å². The van der Waals surface area contributed by atoms with Crippen molar-refractivity contribution in [2.75, 3.05) is 32.1 Å². The van der Waals surface area contributed by atoms with Crippen LogP contribution < -0.4 is 4.90 Å². The number of halogens is 1. The van der Waals surface area contributed by atoms with E-state index in [1.807, 2.05) is 14.1 Å². The molecule has 0 saturated carbocycles. The van der Waals surface area contributed by atoms with Gasteiger partial charge in [0.05, 0.1) is 18.8 Å². The number of anilines is 1. The molecule has 1 aliphatic heterocycles. The third kappa shape index (κ3) is 3.19. The van der Waals surface area contributed by atoms with Gasteiger partial charge in [-0.2, -0.15) is 0 Å². The van der Waals surface area contributed by atoms with Crippen LogP contribution in [0.4, 0.5) is 10.5 Å². The van der Waals surface area contributed by atoms with Crippen molar-refractivity contribution in [3.05, 3.63) is 40.6 Å². The Balaban J connectivity index is 2.51. The zero-order valence-corrected chi connectivity index (χ0v) is 13.0. The van der Waals surface area contributed by atoms with Gasteiger partial charge in [0.25, 0.3) is 0 Å². The summed E-state index contributed by atoms with van der Waals surface area (Å²) in [6, 6.07) is 4.90. The largest absolute Gasteiger partial charge is 0.449 e. The standard InChI is InChI=1S/C15H17ClN2O3/c1-4-21-15(20)18-9-10(8-17(2)3)14(19)12-7-11(16)5-6-13(12)18/h5-8H,4,9H2,1-3H3/b10-8-. The summed E-state index contributed by atoms with van der Waals surface area (Å²) in [7, 11) is 3.64. The first-order valence-electron chi connectivity index (χ1n) is 6.59. The van der Waals surface area contributed by atoms with Crippen molar-refractivity contribution in [3.8, 4) is 0 Å². The summed E-state index contributed by atoms with van der Waals surface area (Å²) in [6.45, 7) is 2.20. The lowest BCUT2D eigenvalue weighted by molar-refractivity contribution is 0.102. The molecule has 5 nitrogen and oxygen atoms in total. The fourth-order valence-electron chi connectivity index (χ4n) is 2.20. The molecule has 0 spiro atoms. The Morgan fingerprint density at radius 1 is 1.48 bits per heavy atom. The summed E-state index contributed by atoms with van der Waals surface area (Å²) < 4.78 is 5.06. The van der Waals surface area contributed by atoms with Crippen molar-refractivity contribution in [2.24, 2.45) is 0 Å². The van der Waals surface area contributed by atoms with Crippen LogP contribution in [0.1, 0.15) is 17.3 Å². The molecule has 0 radical (unpaired) electrons. The monoisotopic (exact) mass is 308 g/mol. The van der Waals surface area contributed by atoms with Crippen LogP contribution in [0.2, 0.25) is 5.02 Å². The molecule has 1 aliphatic rings. The summed E-state index contributed by atoms with van der Waals surface area (Å²) >= 11 is 5.97. The molecule has 0 N–H and O–H groups in total. The van der Waals surface area contributed by atoms with E-state index in [0.717, 1.165) is 0 Å². The maximum absolute atomic E-state index is 12.5. The molecule has 1 aromatic carbocycles. The van der Waals surface area contributed by atoms with E-state index in [2.05, 4.69) is 0 Å². The van der Waals surface area contributed by atoms with Crippen molar-refractivity contribution in [2.45, 2.75) is 6.92 Å². The van der Waals surface area contributed by atoms with Crippen molar-refractivity contribution in [1.82, 2.24) is 4.90 Å². The average molecular weight is 309 g/mol. The van der Waals surface area contributed by atoms with Crippen molar-refractivity contribution in [3.63, 3.8) is 0 Å². The number of carbonyl (C=O) groups excluding carboxylic acids is 2. The SMILES string of the molecule is CCOC(=O)N1C/C(=C/N(C)C)C(=O)c2cc(Cl)ccc21. The summed E-state index contributed by atoms with van der Waals surface area (Å²) in [5, 5.41) is 0.456. The highest BCUT2D eigenvalue weighted by Crippen LogP contribution is 2.32. The van der Waals surface area contributed by atoms with Gasteiger partial charge in [-0.15, -0.1) is 0 Å². The second kappa shape index (κ2) is 6.18. The van der Waals surface area contributed by atoms with Gasteiger partial charge in [-0.1, -0.05) is 11.6 Å². The molecule has 1 heterocycles. The van der Waals surface area contributed by atoms with E-state index >= 15 is 0 Å². The molecular formula is C15H17ClN2O3. The lowest BCUT2D eigenvalue weighted by atomic mass is 9.96. The molecule has 1 aromatic rings. The van der Waals surface area contributed by atoms with Crippen LogP contribution in [0, 0.1) is 0 Å². The molecule has 112 valence electrons. The number of amides is 1. The minimum atomic E-state index is -0.474. The number of nitrogens with zero attached hydrogens (tertiary/aromatic N) is 2. The molecular weight excluding hydrogens is 292 g/mol. The van der Waals surface area contributed by atoms with Gasteiger partial charge in [-0.3, -0.25) is 9.69 Å². The molecule has 0 saturated heterocycles. The van der Waals surface area contributed by atoms with Gasteiger partial charge in [0.15, 0.2) is 5.78 Å². The fourth-order valence-corrected chi connectivity index (χ4v) is 2.37. The number of ether oxygens (including phenoxy) is 1. The highest BCUT2D eigenvalue weighted by Gasteiger charge is 2.31. The summed E-state index contributed by atoms with van der Waals surface area (Å²) in [5.41, 5.74) is 1.46. The van der Waals surface area contributed by atoms with Gasteiger partial charge in [0.1, 0.15) is 0 Å². The first kappa shape index (κ1) is 15.4. The van der Waals surface area contributed by atoms with E-state index in [4.69, 9.17) is 16.3 Å². The second-order valence-electron chi connectivity index (χ2n) is 4.89. The van der Waals surface area contributed by atoms with E-state index in [1.165, 1.54) is 4.90 Å². The predicted molar refractivity (Wildman–Crippen MR) is 81.9 cm³/mol. The lowest BCUT2D eigenvalue weighted by Gasteiger charge is -2.30. The Morgan fingerprint density at radius 2 is 2.19 bits per heavy atom. The molecule has 0 bridgehead atoms. The molecule has 21 heavy (non-hydrogen) atoms. The van der Waals surface area contributed by atoms with E-state index in [9.17, 15) is 9.59 Å². The number of Topliss-reactive ketones (excluding diaryl/α,β-unsaturated/α-hetero) is 1. The van der Waals surface area contributed by atoms with Gasteiger partial charge in [-0.25, -0.2) is 4.79 Å². The summed E-state index contributed by atoms with van der Waals surface area (Å²) in [5.74, 6) is -0.123. The highest BCUT2D eigenvalue weighted by molar-refractivity contribution is 6.31. The molecule has 1 amide bonds. The van der Waals surface area contributed by atoms with Crippen LogP contribution >= 0.6 is 11.6 Å². The number of carbonyl (C=O) groups is 2. The normalized spacial score (nSPS) is 15.9. The van der Waals surface area contributed by atoms with E-state index < -0.39 is 6.09 Å². The molecule has 0 atom stereocenters. The third-order valence-electron chi connectivity index (χ3n) is 3.02. The fraction of sp³-hybridized carbons (Fsp3) is 0.333. The molecule has 0 aliphatic carbocycles. The van der Waals surface area contributed by atoms with Gasteiger partial charge >= 0.3 is 6.09 Å². The molecule has 6 heteroatoms. The Bertz CT molecular complexity index is 611. The van der Waals surface area contributed by atoms with Crippen LogP contribution in [0.25, 0.3) is 0 Å². The predicted octanol–water partition coefficient (Wildman–Crippen LogP) is 2.94. The summed E-state index contributed by atoms with van der Waals surface area (Å²) in [4.78, 5) is 27.8. The number of hydrogen-bond acceptors (Lipinski definition) is 4. The topological polar surface area (TPSA) is 49.9 Å². The maximum Gasteiger partial charge on any atom is 0.414 e. The van der Waals surface area contributed by atoms with Gasteiger partial charge in [-0.05, 0) is 25.1 Å². The Hall–Kier alpha value is -2.01. The third-order valence-corrected chi connectivity index (χ3v) is 3.25. The Kier molecular flexibility index (Phi) is 4.53. The Labute approximate surface area is 128 Å². The van der Waals surface area contributed by atoms with E-state index in [1.54, 1.807) is 36.2 Å². The van der Waals surface area contributed by atoms with Crippen LogP contribution in [-0.2, 0) is 4.74 Å². The van der Waals surface area contributed by atoms with Crippen molar-refractivity contribution >= 4 is 29.2 Å². The first-order valence-corrected chi connectivity index (χ1v) is 6.97. The van der Waals surface area contributed by atoms with Crippen LogP contribution in [0.5, 0.6) is 0 Å². The number of benzene rings is 1. The maximum atomic E-state index is 12.5. The van der Waals surface area contributed by atoms with Crippen molar-refractivity contribution < 1.29 is 14.3 Å². The molecule has 0 unspecified atom stereocenters. The van der Waals surface area contributed by atoms with E-state index in [-0.39, 0.29) is 18.9 Å².